The first-order valence-corrected chi connectivity index (χ1v) is 8.31. The number of carbonyl (C=O) groups excluding carboxylic acids is 1. The first-order chi connectivity index (χ1) is 12.1. The van der Waals surface area contributed by atoms with Crippen LogP contribution in [0.1, 0.15) is 22.2 Å². The maximum absolute atomic E-state index is 13.1. The number of para-hydroxylation sites is 1. The molecule has 2 N–H and O–H groups in total. The Morgan fingerprint density at radius 2 is 2.08 bits per heavy atom. The monoisotopic (exact) mass is 336 g/mol. The lowest BCUT2D eigenvalue weighted by Crippen LogP contribution is -2.42. The smallest absolute Gasteiger partial charge is 0.256 e. The van der Waals surface area contributed by atoms with Gasteiger partial charge in [0.05, 0.1) is 24.4 Å². The zero-order valence-electron chi connectivity index (χ0n) is 14.1. The van der Waals surface area contributed by atoms with E-state index < -0.39 is 0 Å². The van der Waals surface area contributed by atoms with Crippen molar-refractivity contribution in [2.24, 2.45) is 7.05 Å². The molecule has 128 valence electrons. The van der Waals surface area contributed by atoms with Crippen LogP contribution in [0.15, 0.2) is 48.7 Å². The van der Waals surface area contributed by atoms with Crippen LogP contribution in [0.4, 0.5) is 5.82 Å². The van der Waals surface area contributed by atoms with Gasteiger partial charge in [0.25, 0.3) is 5.91 Å². The molecule has 6 heteroatoms. The van der Waals surface area contributed by atoms with Gasteiger partial charge in [0.1, 0.15) is 11.9 Å². The number of anilines is 1. The standard InChI is InChI=1S/C19H20N4O2/c1-22-11-14(13-5-2-3-7-16(13)22)19(24)23-9-10-25-17(12-23)15-6-4-8-18(20)21-15/h2-8,11,17H,9-10,12H2,1H3,(H2,20,21)/t17-/m0/s1. The molecular weight excluding hydrogens is 316 g/mol. The number of benzene rings is 1. The Morgan fingerprint density at radius 3 is 2.92 bits per heavy atom. The van der Waals surface area contributed by atoms with Crippen LogP contribution in [0.2, 0.25) is 0 Å². The number of aryl methyl sites for hydroxylation is 1. The van der Waals surface area contributed by atoms with Crippen molar-refractivity contribution < 1.29 is 9.53 Å². The first kappa shape index (κ1) is 15.7. The molecule has 1 fully saturated rings. The Bertz CT molecular complexity index is 934. The highest BCUT2D eigenvalue weighted by molar-refractivity contribution is 6.07. The van der Waals surface area contributed by atoms with Crippen LogP contribution in [0, 0.1) is 0 Å². The van der Waals surface area contributed by atoms with Crippen molar-refractivity contribution in [2.45, 2.75) is 6.10 Å². The van der Waals surface area contributed by atoms with Crippen LogP contribution in [0.25, 0.3) is 10.9 Å². The van der Waals surface area contributed by atoms with Crippen molar-refractivity contribution in [3.8, 4) is 0 Å². The number of carbonyl (C=O) groups is 1. The van der Waals surface area contributed by atoms with Crippen LogP contribution >= 0.6 is 0 Å². The second kappa shape index (κ2) is 6.22. The van der Waals surface area contributed by atoms with Crippen molar-refractivity contribution in [2.75, 3.05) is 25.4 Å². The van der Waals surface area contributed by atoms with Gasteiger partial charge >= 0.3 is 0 Å². The van der Waals surface area contributed by atoms with Gasteiger partial charge in [-0.3, -0.25) is 4.79 Å². The molecule has 1 aromatic carbocycles. The van der Waals surface area contributed by atoms with E-state index in [1.165, 1.54) is 0 Å². The molecule has 3 aromatic rings. The summed E-state index contributed by atoms with van der Waals surface area (Å²) in [5.74, 6) is 0.479. The molecule has 0 radical (unpaired) electrons. The van der Waals surface area contributed by atoms with Gasteiger partial charge in [-0.1, -0.05) is 24.3 Å². The van der Waals surface area contributed by atoms with Crippen LogP contribution in [-0.2, 0) is 11.8 Å². The van der Waals surface area contributed by atoms with E-state index in [2.05, 4.69) is 4.98 Å². The normalized spacial score (nSPS) is 17.8. The Kier molecular flexibility index (Phi) is 3.89. The van der Waals surface area contributed by atoms with E-state index in [1.54, 1.807) is 6.07 Å². The summed E-state index contributed by atoms with van der Waals surface area (Å²) in [6.45, 7) is 1.52. The number of fused-ring (bicyclic) bond motifs is 1. The number of rotatable bonds is 2. The van der Waals surface area contributed by atoms with Gasteiger partial charge in [0.15, 0.2) is 0 Å². The second-order valence-corrected chi connectivity index (χ2v) is 6.27. The summed E-state index contributed by atoms with van der Waals surface area (Å²) >= 11 is 0. The Labute approximate surface area is 145 Å². The predicted molar refractivity (Wildman–Crippen MR) is 96.2 cm³/mol. The highest BCUT2D eigenvalue weighted by atomic mass is 16.5. The number of amides is 1. The van der Waals surface area contributed by atoms with E-state index in [0.717, 1.165) is 22.2 Å². The summed E-state index contributed by atoms with van der Waals surface area (Å²) in [7, 11) is 1.96. The van der Waals surface area contributed by atoms with Gasteiger partial charge in [0, 0.05) is 30.7 Å². The molecular formula is C19H20N4O2. The highest BCUT2D eigenvalue weighted by Crippen LogP contribution is 2.26. The number of nitrogen functional groups attached to an aromatic ring is 1. The van der Waals surface area contributed by atoms with Gasteiger partial charge in [0.2, 0.25) is 0 Å². The number of morpholine rings is 1. The topological polar surface area (TPSA) is 73.4 Å². The van der Waals surface area contributed by atoms with Crippen LogP contribution in [-0.4, -0.2) is 40.1 Å². The second-order valence-electron chi connectivity index (χ2n) is 6.27. The molecule has 6 nitrogen and oxygen atoms in total. The Balaban J connectivity index is 1.61. The molecule has 0 unspecified atom stereocenters. The fourth-order valence-electron chi connectivity index (χ4n) is 3.34. The van der Waals surface area contributed by atoms with Gasteiger partial charge in [-0.2, -0.15) is 0 Å². The van der Waals surface area contributed by atoms with Crippen molar-refractivity contribution in [1.29, 1.82) is 0 Å². The largest absolute Gasteiger partial charge is 0.384 e. The molecule has 1 aliphatic heterocycles. The molecule has 0 saturated carbocycles. The summed E-state index contributed by atoms with van der Waals surface area (Å²) in [5.41, 5.74) is 8.30. The number of hydrogen-bond acceptors (Lipinski definition) is 4. The number of aromatic nitrogens is 2. The summed E-state index contributed by atoms with van der Waals surface area (Å²) in [6.07, 6.45) is 1.65. The highest BCUT2D eigenvalue weighted by Gasteiger charge is 2.28. The molecule has 0 spiro atoms. The Hall–Kier alpha value is -2.86. The number of nitrogens with two attached hydrogens (primary N) is 1. The third-order valence-electron chi connectivity index (χ3n) is 4.60. The van der Waals surface area contributed by atoms with E-state index in [-0.39, 0.29) is 12.0 Å². The summed E-state index contributed by atoms with van der Waals surface area (Å²) in [6, 6.07) is 13.4. The average molecular weight is 336 g/mol. The minimum absolute atomic E-state index is 0.0222. The fraction of sp³-hybridized carbons (Fsp3) is 0.263. The van der Waals surface area contributed by atoms with Crippen molar-refractivity contribution in [1.82, 2.24) is 14.5 Å². The van der Waals surface area contributed by atoms with Crippen molar-refractivity contribution in [3.05, 3.63) is 59.9 Å². The van der Waals surface area contributed by atoms with Crippen molar-refractivity contribution in [3.63, 3.8) is 0 Å². The van der Waals surface area contributed by atoms with Crippen LogP contribution in [0.3, 0.4) is 0 Å². The SMILES string of the molecule is Cn1cc(C(=O)N2CCO[C@H](c3cccc(N)n3)C2)c2ccccc21. The summed E-state index contributed by atoms with van der Waals surface area (Å²) < 4.78 is 7.80. The van der Waals surface area contributed by atoms with Gasteiger partial charge in [-0.05, 0) is 18.2 Å². The molecule has 3 heterocycles. The zero-order valence-corrected chi connectivity index (χ0v) is 14.1. The third kappa shape index (κ3) is 2.85. The van der Waals surface area contributed by atoms with Gasteiger partial charge in [-0.25, -0.2) is 4.98 Å². The minimum atomic E-state index is -0.254. The number of nitrogens with zero attached hydrogens (tertiary/aromatic N) is 3. The van der Waals surface area contributed by atoms with E-state index in [1.807, 2.05) is 59.1 Å². The quantitative estimate of drug-likeness (QED) is 0.780. The molecule has 1 amide bonds. The van der Waals surface area contributed by atoms with Crippen molar-refractivity contribution >= 4 is 22.6 Å². The minimum Gasteiger partial charge on any atom is -0.384 e. The molecule has 1 saturated heterocycles. The maximum atomic E-state index is 13.1. The predicted octanol–water partition coefficient (Wildman–Crippen LogP) is 2.37. The lowest BCUT2D eigenvalue weighted by atomic mass is 10.1. The fourth-order valence-corrected chi connectivity index (χ4v) is 3.34. The van der Waals surface area contributed by atoms with Gasteiger partial charge < -0.3 is 19.9 Å². The summed E-state index contributed by atoms with van der Waals surface area (Å²) in [4.78, 5) is 19.2. The average Bonchev–Trinajstić information content (AvgIpc) is 2.98. The first-order valence-electron chi connectivity index (χ1n) is 8.31. The lowest BCUT2D eigenvalue weighted by Gasteiger charge is -2.32. The maximum Gasteiger partial charge on any atom is 0.256 e. The number of ether oxygens (including phenoxy) is 1. The van der Waals surface area contributed by atoms with E-state index in [9.17, 15) is 4.79 Å². The van der Waals surface area contributed by atoms with Crippen LogP contribution < -0.4 is 5.73 Å². The molecule has 1 atom stereocenters. The molecule has 1 aliphatic rings. The number of pyridine rings is 1. The Morgan fingerprint density at radius 1 is 1.24 bits per heavy atom. The van der Waals surface area contributed by atoms with E-state index in [4.69, 9.17) is 10.5 Å². The molecule has 25 heavy (non-hydrogen) atoms. The van der Waals surface area contributed by atoms with Gasteiger partial charge in [-0.15, -0.1) is 0 Å². The van der Waals surface area contributed by atoms with E-state index >= 15 is 0 Å². The summed E-state index contributed by atoms with van der Waals surface area (Å²) in [5, 5.41) is 0.972. The van der Waals surface area contributed by atoms with E-state index in [0.29, 0.717) is 25.5 Å². The zero-order chi connectivity index (χ0) is 17.4. The number of hydrogen-bond donors (Lipinski definition) is 1. The molecule has 4 rings (SSSR count). The molecule has 0 aliphatic carbocycles. The molecule has 2 aromatic heterocycles. The van der Waals surface area contributed by atoms with Crippen LogP contribution in [0.5, 0.6) is 0 Å². The molecule has 0 bridgehead atoms. The third-order valence-corrected chi connectivity index (χ3v) is 4.60. The lowest BCUT2D eigenvalue weighted by molar-refractivity contribution is -0.0246.